The maximum absolute atomic E-state index is 10.4. The zero-order valence-corrected chi connectivity index (χ0v) is 11.8. The van der Waals surface area contributed by atoms with Crippen LogP contribution in [0.3, 0.4) is 0 Å². The molecule has 1 spiro atoms. The summed E-state index contributed by atoms with van der Waals surface area (Å²) in [5.74, 6) is 3.02. The standard InChI is InChI=1S/C16H22O3/c1-10(2)11-7-16(8-11)9-14(17)13-6-12(18-3)4-5-15(13)19-16/h4-6,10-11,14,17H,7-9H2,1-3H3/t11?,14-,16?/m1/s1. The Labute approximate surface area is 114 Å². The minimum absolute atomic E-state index is 0.129. The van der Waals surface area contributed by atoms with E-state index in [2.05, 4.69) is 13.8 Å². The van der Waals surface area contributed by atoms with Gasteiger partial charge in [-0.05, 0) is 42.9 Å². The van der Waals surface area contributed by atoms with Crippen LogP contribution in [0.15, 0.2) is 18.2 Å². The highest BCUT2D eigenvalue weighted by atomic mass is 16.5. The zero-order chi connectivity index (χ0) is 13.6. The summed E-state index contributed by atoms with van der Waals surface area (Å²) in [4.78, 5) is 0. The van der Waals surface area contributed by atoms with Crippen LogP contribution in [0.4, 0.5) is 0 Å². The van der Waals surface area contributed by atoms with Crippen molar-refractivity contribution in [2.75, 3.05) is 7.11 Å². The van der Waals surface area contributed by atoms with Crippen molar-refractivity contribution in [3.8, 4) is 11.5 Å². The summed E-state index contributed by atoms with van der Waals surface area (Å²) in [6, 6.07) is 5.69. The van der Waals surface area contributed by atoms with Crippen molar-refractivity contribution in [3.63, 3.8) is 0 Å². The van der Waals surface area contributed by atoms with Gasteiger partial charge in [-0.3, -0.25) is 0 Å². The Morgan fingerprint density at radius 3 is 2.68 bits per heavy atom. The lowest BCUT2D eigenvalue weighted by atomic mass is 9.63. The van der Waals surface area contributed by atoms with Gasteiger partial charge in [-0.15, -0.1) is 0 Å². The number of ether oxygens (including phenoxy) is 2. The smallest absolute Gasteiger partial charge is 0.126 e. The molecular weight excluding hydrogens is 240 g/mol. The predicted octanol–water partition coefficient (Wildman–Crippen LogP) is 3.32. The van der Waals surface area contributed by atoms with Crippen LogP contribution in [0.25, 0.3) is 0 Å². The Kier molecular flexibility index (Phi) is 2.97. The molecule has 0 aromatic heterocycles. The SMILES string of the molecule is COc1ccc2c(c1)[C@H](O)CC1(CC(C(C)C)C1)O2. The van der Waals surface area contributed by atoms with Gasteiger partial charge in [-0.2, -0.15) is 0 Å². The van der Waals surface area contributed by atoms with Crippen LogP contribution in [-0.2, 0) is 0 Å². The molecule has 1 aliphatic carbocycles. The Morgan fingerprint density at radius 1 is 1.32 bits per heavy atom. The molecule has 1 N–H and O–H groups in total. The van der Waals surface area contributed by atoms with Crippen LogP contribution in [0.5, 0.6) is 11.5 Å². The second kappa shape index (κ2) is 4.41. The minimum Gasteiger partial charge on any atom is -0.497 e. The van der Waals surface area contributed by atoms with Crippen molar-refractivity contribution in [2.45, 2.75) is 44.8 Å². The number of fused-ring (bicyclic) bond motifs is 1. The highest BCUT2D eigenvalue weighted by Gasteiger charge is 2.51. The molecule has 0 amide bonds. The van der Waals surface area contributed by atoms with Crippen molar-refractivity contribution in [1.29, 1.82) is 0 Å². The highest BCUT2D eigenvalue weighted by Crippen LogP contribution is 2.53. The lowest BCUT2D eigenvalue weighted by Gasteiger charge is -2.52. The molecule has 1 fully saturated rings. The number of aliphatic hydroxyl groups excluding tert-OH is 1. The summed E-state index contributed by atoms with van der Waals surface area (Å²) < 4.78 is 11.4. The number of rotatable bonds is 2. The van der Waals surface area contributed by atoms with Gasteiger partial charge in [0.15, 0.2) is 0 Å². The van der Waals surface area contributed by atoms with E-state index in [1.165, 1.54) is 0 Å². The molecule has 1 saturated carbocycles. The van der Waals surface area contributed by atoms with Crippen molar-refractivity contribution >= 4 is 0 Å². The van der Waals surface area contributed by atoms with E-state index >= 15 is 0 Å². The molecular formula is C16H22O3. The van der Waals surface area contributed by atoms with Gasteiger partial charge in [0.1, 0.15) is 17.1 Å². The first kappa shape index (κ1) is 12.8. The van der Waals surface area contributed by atoms with Crippen molar-refractivity contribution < 1.29 is 14.6 Å². The topological polar surface area (TPSA) is 38.7 Å². The lowest BCUT2D eigenvalue weighted by molar-refractivity contribution is -0.108. The highest BCUT2D eigenvalue weighted by molar-refractivity contribution is 5.44. The van der Waals surface area contributed by atoms with Crippen LogP contribution in [-0.4, -0.2) is 17.8 Å². The van der Waals surface area contributed by atoms with Gasteiger partial charge >= 0.3 is 0 Å². The largest absolute Gasteiger partial charge is 0.497 e. The zero-order valence-electron chi connectivity index (χ0n) is 11.8. The maximum atomic E-state index is 10.4. The summed E-state index contributed by atoms with van der Waals surface area (Å²) in [6.07, 6.45) is 2.39. The van der Waals surface area contributed by atoms with E-state index in [1.54, 1.807) is 7.11 Å². The molecule has 1 aromatic carbocycles. The van der Waals surface area contributed by atoms with Gasteiger partial charge in [0.25, 0.3) is 0 Å². The number of aliphatic hydroxyl groups is 1. The molecule has 2 aliphatic rings. The Morgan fingerprint density at radius 2 is 2.05 bits per heavy atom. The normalized spacial score (nSPS) is 32.7. The van der Waals surface area contributed by atoms with Crippen LogP contribution in [0.2, 0.25) is 0 Å². The number of hydrogen-bond acceptors (Lipinski definition) is 3. The van der Waals surface area contributed by atoms with Crippen LogP contribution < -0.4 is 9.47 Å². The van der Waals surface area contributed by atoms with E-state index in [1.807, 2.05) is 18.2 Å². The molecule has 0 bridgehead atoms. The third-order valence-electron chi connectivity index (χ3n) is 4.68. The fourth-order valence-corrected chi connectivity index (χ4v) is 3.36. The first-order chi connectivity index (χ1) is 9.03. The van der Waals surface area contributed by atoms with Gasteiger partial charge < -0.3 is 14.6 Å². The van der Waals surface area contributed by atoms with Crippen LogP contribution in [0, 0.1) is 11.8 Å². The first-order valence-electron chi connectivity index (χ1n) is 7.08. The molecule has 104 valence electrons. The Hall–Kier alpha value is -1.22. The van der Waals surface area contributed by atoms with E-state index in [0.29, 0.717) is 12.3 Å². The monoisotopic (exact) mass is 262 g/mol. The minimum atomic E-state index is -0.438. The number of methoxy groups -OCH3 is 1. The average molecular weight is 262 g/mol. The third kappa shape index (κ3) is 2.10. The number of benzene rings is 1. The van der Waals surface area contributed by atoms with Crippen LogP contribution >= 0.6 is 0 Å². The maximum Gasteiger partial charge on any atom is 0.126 e. The van der Waals surface area contributed by atoms with E-state index in [9.17, 15) is 5.11 Å². The second-order valence-corrected chi connectivity index (χ2v) is 6.32. The van der Waals surface area contributed by atoms with Crippen molar-refractivity contribution in [3.05, 3.63) is 23.8 Å². The molecule has 1 heterocycles. The van der Waals surface area contributed by atoms with E-state index in [-0.39, 0.29) is 5.60 Å². The van der Waals surface area contributed by atoms with Gasteiger partial charge in [-0.25, -0.2) is 0 Å². The van der Waals surface area contributed by atoms with Gasteiger partial charge in [-0.1, -0.05) is 13.8 Å². The average Bonchev–Trinajstić information content (AvgIpc) is 2.35. The van der Waals surface area contributed by atoms with E-state index in [0.717, 1.165) is 35.8 Å². The summed E-state index contributed by atoms with van der Waals surface area (Å²) in [5, 5.41) is 10.4. The van der Waals surface area contributed by atoms with Crippen molar-refractivity contribution in [1.82, 2.24) is 0 Å². The Bertz CT molecular complexity index is 475. The van der Waals surface area contributed by atoms with E-state index in [4.69, 9.17) is 9.47 Å². The third-order valence-corrected chi connectivity index (χ3v) is 4.68. The lowest BCUT2D eigenvalue weighted by Crippen LogP contribution is -2.53. The molecule has 0 saturated heterocycles. The molecule has 1 atom stereocenters. The molecule has 1 aromatic rings. The van der Waals surface area contributed by atoms with Crippen molar-refractivity contribution in [2.24, 2.45) is 11.8 Å². The first-order valence-corrected chi connectivity index (χ1v) is 7.08. The summed E-state index contributed by atoms with van der Waals surface area (Å²) in [7, 11) is 1.64. The summed E-state index contributed by atoms with van der Waals surface area (Å²) >= 11 is 0. The molecule has 1 aliphatic heterocycles. The fourth-order valence-electron chi connectivity index (χ4n) is 3.36. The molecule has 0 radical (unpaired) electrons. The predicted molar refractivity (Wildman–Crippen MR) is 73.5 cm³/mol. The van der Waals surface area contributed by atoms with Gasteiger partial charge in [0.05, 0.1) is 13.2 Å². The quantitative estimate of drug-likeness (QED) is 0.888. The molecule has 19 heavy (non-hydrogen) atoms. The number of hydrogen-bond donors (Lipinski definition) is 1. The second-order valence-electron chi connectivity index (χ2n) is 6.32. The van der Waals surface area contributed by atoms with Gasteiger partial charge in [0, 0.05) is 12.0 Å². The van der Waals surface area contributed by atoms with E-state index < -0.39 is 6.10 Å². The molecule has 0 unspecified atom stereocenters. The molecule has 3 nitrogen and oxygen atoms in total. The Balaban J connectivity index is 1.82. The van der Waals surface area contributed by atoms with Crippen LogP contribution in [0.1, 0.15) is 44.8 Å². The summed E-state index contributed by atoms with van der Waals surface area (Å²) in [6.45, 7) is 4.52. The molecule has 3 rings (SSSR count). The fraction of sp³-hybridized carbons (Fsp3) is 0.625. The molecule has 3 heteroatoms. The van der Waals surface area contributed by atoms with Gasteiger partial charge in [0.2, 0.25) is 0 Å². The summed E-state index contributed by atoms with van der Waals surface area (Å²) in [5.41, 5.74) is 0.730.